The van der Waals surface area contributed by atoms with E-state index in [1.807, 2.05) is 30.5 Å². The fourth-order valence-electron chi connectivity index (χ4n) is 6.64. The molecule has 0 amide bonds. The molecule has 4 aromatic carbocycles. The van der Waals surface area contributed by atoms with E-state index >= 15 is 0 Å². The van der Waals surface area contributed by atoms with E-state index < -0.39 is 0 Å². The van der Waals surface area contributed by atoms with Crippen molar-refractivity contribution >= 4 is 28.9 Å². The maximum atomic E-state index is 5.21. The van der Waals surface area contributed by atoms with E-state index in [0.717, 1.165) is 72.5 Å². The lowest BCUT2D eigenvalue weighted by Crippen LogP contribution is -2.46. The van der Waals surface area contributed by atoms with E-state index in [1.54, 1.807) is 6.20 Å². The molecule has 0 spiro atoms. The highest BCUT2D eigenvalue weighted by Gasteiger charge is 2.30. The average Bonchev–Trinajstić information content (AvgIpc) is 3.17. The largest absolute Gasteiger partial charge is 0.340 e. The number of aliphatic imine (C=N–C) groups is 1. The van der Waals surface area contributed by atoms with Crippen LogP contribution in [0.25, 0.3) is 45.3 Å². The molecule has 1 N–H and O–H groups in total. The third kappa shape index (κ3) is 6.56. The molecule has 5 heteroatoms. The summed E-state index contributed by atoms with van der Waals surface area (Å²) in [5.74, 6) is 1.22. The van der Waals surface area contributed by atoms with Crippen LogP contribution in [0.2, 0.25) is 0 Å². The second-order valence-corrected chi connectivity index (χ2v) is 12.8. The van der Waals surface area contributed by atoms with Crippen LogP contribution in [-0.4, -0.2) is 27.8 Å². The lowest BCUT2D eigenvalue weighted by molar-refractivity contribution is 0.257. The molecular weight excluding hydrogens is 611 g/mol. The summed E-state index contributed by atoms with van der Waals surface area (Å²) in [6.45, 7) is 12.2. The molecule has 1 aliphatic rings. The Bertz CT molecular complexity index is 2220. The van der Waals surface area contributed by atoms with Crippen LogP contribution in [0.4, 0.5) is 0 Å². The molecule has 0 radical (unpaired) electrons. The Morgan fingerprint density at radius 1 is 0.800 bits per heavy atom. The molecule has 0 aliphatic carbocycles. The molecule has 6 aromatic rings. The van der Waals surface area contributed by atoms with E-state index in [1.165, 1.54) is 0 Å². The second kappa shape index (κ2) is 14.3. The van der Waals surface area contributed by atoms with Crippen molar-refractivity contribution in [3.8, 4) is 22.3 Å². The third-order valence-electron chi connectivity index (χ3n) is 9.39. The quantitative estimate of drug-likeness (QED) is 0.158. The molecule has 0 bridgehead atoms. The van der Waals surface area contributed by atoms with Gasteiger partial charge in [-0.25, -0.2) is 4.99 Å². The Labute approximate surface area is 295 Å². The molecule has 0 fully saturated rings. The molecule has 3 unspecified atom stereocenters. The second-order valence-electron chi connectivity index (χ2n) is 12.8. The summed E-state index contributed by atoms with van der Waals surface area (Å²) in [5, 5.41) is 4.86. The van der Waals surface area contributed by atoms with Crippen molar-refractivity contribution in [3.05, 3.63) is 180 Å². The van der Waals surface area contributed by atoms with Crippen LogP contribution in [0.3, 0.4) is 0 Å². The number of nitrogens with one attached hydrogen (secondary N) is 1. The smallest absolute Gasteiger partial charge is 0.134 e. The molecule has 3 heterocycles. The first-order valence-corrected chi connectivity index (χ1v) is 17.0. The van der Waals surface area contributed by atoms with Gasteiger partial charge in [0.25, 0.3) is 0 Å². The van der Waals surface area contributed by atoms with Crippen molar-refractivity contribution in [3.63, 3.8) is 0 Å². The lowest BCUT2D eigenvalue weighted by Gasteiger charge is -2.39. The molecule has 0 saturated carbocycles. The van der Waals surface area contributed by atoms with E-state index in [9.17, 15) is 0 Å². The van der Waals surface area contributed by atoms with Gasteiger partial charge >= 0.3 is 0 Å². The summed E-state index contributed by atoms with van der Waals surface area (Å²) < 4.78 is 0. The number of aromatic nitrogens is 2. The lowest BCUT2D eigenvalue weighted by atomic mass is 9.93. The molecule has 50 heavy (non-hydrogen) atoms. The van der Waals surface area contributed by atoms with Crippen LogP contribution < -0.4 is 5.32 Å². The van der Waals surface area contributed by atoms with Crippen molar-refractivity contribution in [2.45, 2.75) is 26.2 Å². The minimum Gasteiger partial charge on any atom is -0.340 e. The first-order chi connectivity index (χ1) is 24.4. The number of allylic oxidation sites excluding steroid dienone is 2. The molecular formula is C45H41N5. The summed E-state index contributed by atoms with van der Waals surface area (Å²) in [5.41, 5.74) is 11.9. The van der Waals surface area contributed by atoms with Crippen LogP contribution in [0.15, 0.2) is 152 Å². The van der Waals surface area contributed by atoms with Gasteiger partial charge < -0.3 is 4.90 Å². The van der Waals surface area contributed by atoms with Crippen molar-refractivity contribution in [2.24, 2.45) is 10.9 Å². The topological polar surface area (TPSA) is 53.4 Å². The van der Waals surface area contributed by atoms with Gasteiger partial charge in [0, 0.05) is 47.2 Å². The fourth-order valence-corrected chi connectivity index (χ4v) is 6.64. The monoisotopic (exact) mass is 651 g/mol. The Hall–Kier alpha value is -5.91. The predicted octanol–water partition coefficient (Wildman–Crippen LogP) is 10.4. The summed E-state index contributed by atoms with van der Waals surface area (Å²) in [6.07, 6.45) is 11.6. The molecule has 0 saturated heterocycles. The summed E-state index contributed by atoms with van der Waals surface area (Å²) >= 11 is 0. The average molecular weight is 652 g/mol. The number of rotatable bonds is 9. The molecule has 246 valence electrons. The Balaban J connectivity index is 1.22. The minimum absolute atomic E-state index is 0.0826. The zero-order chi connectivity index (χ0) is 34.6. The number of hydrogen-bond acceptors (Lipinski definition) is 5. The fraction of sp³-hybridized carbons (Fsp3) is 0.133. The maximum absolute atomic E-state index is 5.21. The van der Waals surface area contributed by atoms with Gasteiger partial charge in [-0.1, -0.05) is 129 Å². The number of fused-ring (bicyclic) bond motifs is 1. The van der Waals surface area contributed by atoms with Crippen LogP contribution in [0.5, 0.6) is 0 Å². The van der Waals surface area contributed by atoms with Gasteiger partial charge in [-0.2, -0.15) is 0 Å². The zero-order valence-corrected chi connectivity index (χ0v) is 28.8. The van der Waals surface area contributed by atoms with Crippen molar-refractivity contribution in [1.82, 2.24) is 20.2 Å². The summed E-state index contributed by atoms with van der Waals surface area (Å²) in [7, 11) is 2.08. The van der Waals surface area contributed by atoms with Crippen LogP contribution in [0, 0.1) is 12.8 Å². The number of benzene rings is 4. The van der Waals surface area contributed by atoms with E-state index in [2.05, 4.69) is 158 Å². The molecule has 1 aliphatic heterocycles. The number of nitrogens with zero attached hydrogens (tertiary/aromatic N) is 4. The summed E-state index contributed by atoms with van der Waals surface area (Å²) in [4.78, 5) is 16.8. The standard InChI is InChI=1S/C45H41N5/c1-6-30(3)18-19-33-24-25-40-41(27-31(4)47-42(40)39(33)7-2)37-16-11-15-36(28-37)32-20-22-34(23-21-32)43-48-44(35-13-9-8-10-14-35)50(5)45(49-43)38-17-12-26-46-29-38/h6-30,43,45,49H,1-2H2,3-5H3/b19-18-. The van der Waals surface area contributed by atoms with Gasteiger partial charge in [-0.15, -0.1) is 6.58 Å². The number of aryl methyl sites for hydroxylation is 1. The van der Waals surface area contributed by atoms with Gasteiger partial charge in [-0.05, 0) is 64.4 Å². The first-order valence-electron chi connectivity index (χ1n) is 17.0. The van der Waals surface area contributed by atoms with Gasteiger partial charge in [0.05, 0.1) is 5.52 Å². The highest BCUT2D eigenvalue weighted by Crippen LogP contribution is 2.36. The van der Waals surface area contributed by atoms with Crippen molar-refractivity contribution in [1.29, 1.82) is 0 Å². The van der Waals surface area contributed by atoms with E-state index in [4.69, 9.17) is 9.98 Å². The number of amidine groups is 1. The molecule has 2 aromatic heterocycles. The van der Waals surface area contributed by atoms with Crippen LogP contribution in [-0.2, 0) is 0 Å². The normalized spacial score (nSPS) is 16.7. The zero-order valence-electron chi connectivity index (χ0n) is 28.8. The molecule has 5 nitrogen and oxygen atoms in total. The Kier molecular flexibility index (Phi) is 9.32. The van der Waals surface area contributed by atoms with Crippen LogP contribution >= 0.6 is 0 Å². The van der Waals surface area contributed by atoms with Crippen molar-refractivity contribution < 1.29 is 0 Å². The highest BCUT2D eigenvalue weighted by molar-refractivity contribution is 6.01. The Morgan fingerprint density at radius 2 is 1.58 bits per heavy atom. The molecule has 3 atom stereocenters. The Morgan fingerprint density at radius 3 is 2.32 bits per heavy atom. The van der Waals surface area contributed by atoms with Crippen LogP contribution in [0.1, 0.15) is 52.8 Å². The highest BCUT2D eigenvalue weighted by atomic mass is 15.4. The third-order valence-corrected chi connectivity index (χ3v) is 9.39. The molecule has 7 rings (SSSR count). The van der Waals surface area contributed by atoms with Gasteiger partial charge in [-0.3, -0.25) is 15.3 Å². The SMILES string of the molecule is C=Cc1c(/C=C\C(C)C=C)ccc2c(-c3cccc(-c4ccc(C5N=C(c6ccccc6)N(C)C(c6cccnc6)N5)cc4)c3)cc(C)nc12. The van der Waals surface area contributed by atoms with E-state index in [0.29, 0.717) is 0 Å². The van der Waals surface area contributed by atoms with Gasteiger partial charge in [0.1, 0.15) is 18.2 Å². The minimum atomic E-state index is -0.225. The van der Waals surface area contributed by atoms with Gasteiger partial charge in [0.15, 0.2) is 0 Å². The maximum Gasteiger partial charge on any atom is 0.134 e. The predicted molar refractivity (Wildman–Crippen MR) is 209 cm³/mol. The van der Waals surface area contributed by atoms with Crippen molar-refractivity contribution in [2.75, 3.05) is 7.05 Å². The summed E-state index contributed by atoms with van der Waals surface area (Å²) in [6, 6.07) is 38.5. The number of pyridine rings is 2. The van der Waals surface area contributed by atoms with Gasteiger partial charge in [0.2, 0.25) is 0 Å². The number of hydrogen-bond donors (Lipinski definition) is 1. The first kappa shape index (κ1) is 32.6. The van der Waals surface area contributed by atoms with E-state index in [-0.39, 0.29) is 18.2 Å².